The molecule has 0 spiro atoms. The summed E-state index contributed by atoms with van der Waals surface area (Å²) in [5.74, 6) is -0.280. The monoisotopic (exact) mass is 361 g/mol. The number of carbonyl (C=O) groups excluding carboxylic acids is 2. The van der Waals surface area contributed by atoms with Crippen molar-refractivity contribution in [1.82, 2.24) is 4.90 Å². The Morgan fingerprint density at radius 3 is 2.42 bits per heavy atom. The summed E-state index contributed by atoms with van der Waals surface area (Å²) in [5.41, 5.74) is 3.09. The van der Waals surface area contributed by atoms with Crippen molar-refractivity contribution in [1.29, 1.82) is 0 Å². The largest absolute Gasteiger partial charge is 0.383 e. The van der Waals surface area contributed by atoms with Crippen LogP contribution >= 0.6 is 0 Å². The Labute approximate surface area is 154 Å². The van der Waals surface area contributed by atoms with E-state index >= 15 is 0 Å². The molecule has 0 saturated carbocycles. The van der Waals surface area contributed by atoms with Crippen LogP contribution in [0.15, 0.2) is 23.3 Å². The number of aryl methyl sites for hydroxylation is 2. The molecule has 7 heteroatoms. The Kier molecular flexibility index (Phi) is 7.29. The number of carbonyl (C=O) groups is 2. The molecule has 0 bridgehead atoms. The topological polar surface area (TPSA) is 71.4 Å². The van der Waals surface area contributed by atoms with E-state index in [1.807, 2.05) is 32.0 Å². The predicted octanol–water partition coefficient (Wildman–Crippen LogP) is 1.91. The van der Waals surface area contributed by atoms with Gasteiger partial charge in [0.2, 0.25) is 5.91 Å². The molecular formula is C19H27N3O4. The fraction of sp³-hybridized carbons (Fsp3) is 0.526. The lowest BCUT2D eigenvalue weighted by Crippen LogP contribution is -2.44. The summed E-state index contributed by atoms with van der Waals surface area (Å²) in [5, 5.41) is 5.76. The number of hydrogen-bond donors (Lipinski definition) is 0. The molecule has 1 aliphatic rings. The van der Waals surface area contributed by atoms with Crippen molar-refractivity contribution in [2.75, 3.05) is 45.5 Å². The average molecular weight is 361 g/mol. The van der Waals surface area contributed by atoms with Gasteiger partial charge >= 0.3 is 0 Å². The van der Waals surface area contributed by atoms with E-state index in [1.54, 1.807) is 19.1 Å². The molecule has 1 heterocycles. The van der Waals surface area contributed by atoms with Gasteiger partial charge in [-0.15, -0.1) is 0 Å². The molecule has 0 unspecified atom stereocenters. The number of benzene rings is 1. The van der Waals surface area contributed by atoms with E-state index in [0.717, 1.165) is 16.8 Å². The molecule has 142 valence electrons. The minimum Gasteiger partial charge on any atom is -0.383 e. The van der Waals surface area contributed by atoms with Crippen molar-refractivity contribution in [2.45, 2.75) is 26.7 Å². The first kappa shape index (κ1) is 20.1. The zero-order valence-electron chi connectivity index (χ0n) is 15.9. The maximum atomic E-state index is 12.9. The van der Waals surface area contributed by atoms with Gasteiger partial charge in [-0.25, -0.2) is 5.01 Å². The standard InChI is InChI=1S/C19H27N3O4/c1-14-5-6-15(2)17(13-14)22-18(23)8-7-16(20-22)19(24)21(9-11-25-3)10-12-26-4/h5-6,13H,7-12H2,1-4H3. The molecular weight excluding hydrogens is 334 g/mol. The Morgan fingerprint density at radius 2 is 1.81 bits per heavy atom. The van der Waals surface area contributed by atoms with Crippen LogP contribution in [0.2, 0.25) is 0 Å². The summed E-state index contributed by atoms with van der Waals surface area (Å²) in [6.07, 6.45) is 0.607. The van der Waals surface area contributed by atoms with Crippen molar-refractivity contribution in [2.24, 2.45) is 5.10 Å². The van der Waals surface area contributed by atoms with Crippen LogP contribution in [0.4, 0.5) is 5.69 Å². The number of nitrogens with zero attached hydrogens (tertiary/aromatic N) is 3. The van der Waals surface area contributed by atoms with Crippen molar-refractivity contribution in [3.8, 4) is 0 Å². The molecule has 1 aromatic rings. The highest BCUT2D eigenvalue weighted by Crippen LogP contribution is 2.25. The van der Waals surface area contributed by atoms with Crippen LogP contribution < -0.4 is 5.01 Å². The van der Waals surface area contributed by atoms with E-state index in [4.69, 9.17) is 9.47 Å². The van der Waals surface area contributed by atoms with Crippen LogP contribution in [0.1, 0.15) is 24.0 Å². The Morgan fingerprint density at radius 1 is 1.15 bits per heavy atom. The van der Waals surface area contributed by atoms with Gasteiger partial charge in [-0.1, -0.05) is 12.1 Å². The molecule has 1 aliphatic heterocycles. The molecule has 26 heavy (non-hydrogen) atoms. The molecule has 1 aromatic carbocycles. The fourth-order valence-corrected chi connectivity index (χ4v) is 2.74. The van der Waals surface area contributed by atoms with Crippen LogP contribution in [-0.4, -0.2) is 62.9 Å². The first-order valence-corrected chi connectivity index (χ1v) is 8.72. The number of hydrogen-bond acceptors (Lipinski definition) is 5. The molecule has 7 nitrogen and oxygen atoms in total. The molecule has 2 rings (SSSR count). The average Bonchev–Trinajstić information content (AvgIpc) is 2.64. The van der Waals surface area contributed by atoms with Crippen LogP contribution in [0.25, 0.3) is 0 Å². The lowest BCUT2D eigenvalue weighted by atomic mass is 10.1. The van der Waals surface area contributed by atoms with Gasteiger partial charge in [0.15, 0.2) is 0 Å². The van der Waals surface area contributed by atoms with Crippen LogP contribution in [-0.2, 0) is 19.1 Å². The molecule has 0 atom stereocenters. The number of methoxy groups -OCH3 is 2. The lowest BCUT2D eigenvalue weighted by Gasteiger charge is -2.28. The summed E-state index contributed by atoms with van der Waals surface area (Å²) in [4.78, 5) is 26.9. The Balaban J connectivity index is 2.27. The second-order valence-corrected chi connectivity index (χ2v) is 6.32. The van der Waals surface area contributed by atoms with Gasteiger partial charge in [0, 0.05) is 40.2 Å². The Bertz CT molecular complexity index is 679. The third-order valence-corrected chi connectivity index (χ3v) is 4.29. The summed E-state index contributed by atoms with van der Waals surface area (Å²) in [6, 6.07) is 5.85. The smallest absolute Gasteiger partial charge is 0.270 e. The molecule has 0 saturated heterocycles. The molecule has 0 aromatic heterocycles. The third kappa shape index (κ3) is 4.89. The first-order valence-electron chi connectivity index (χ1n) is 8.72. The van der Waals surface area contributed by atoms with Crippen molar-refractivity contribution in [3.05, 3.63) is 29.3 Å². The van der Waals surface area contributed by atoms with E-state index in [1.165, 1.54) is 5.01 Å². The third-order valence-electron chi connectivity index (χ3n) is 4.29. The number of ether oxygens (including phenoxy) is 2. The fourth-order valence-electron chi connectivity index (χ4n) is 2.74. The highest BCUT2D eigenvalue weighted by Gasteiger charge is 2.29. The van der Waals surface area contributed by atoms with Crippen LogP contribution in [0.3, 0.4) is 0 Å². The van der Waals surface area contributed by atoms with Gasteiger partial charge in [0.1, 0.15) is 5.71 Å². The quantitative estimate of drug-likeness (QED) is 0.709. The van der Waals surface area contributed by atoms with E-state index in [9.17, 15) is 9.59 Å². The molecule has 2 amide bonds. The van der Waals surface area contributed by atoms with E-state index in [-0.39, 0.29) is 18.2 Å². The van der Waals surface area contributed by atoms with Crippen molar-refractivity contribution < 1.29 is 19.1 Å². The molecule has 0 radical (unpaired) electrons. The van der Waals surface area contributed by atoms with Gasteiger partial charge in [0.05, 0.1) is 18.9 Å². The van der Waals surface area contributed by atoms with E-state index < -0.39 is 0 Å². The van der Waals surface area contributed by atoms with Gasteiger partial charge in [0.25, 0.3) is 5.91 Å². The van der Waals surface area contributed by atoms with E-state index in [0.29, 0.717) is 38.4 Å². The van der Waals surface area contributed by atoms with E-state index in [2.05, 4.69) is 5.10 Å². The molecule has 0 N–H and O–H groups in total. The summed E-state index contributed by atoms with van der Waals surface area (Å²) < 4.78 is 10.2. The number of anilines is 1. The zero-order chi connectivity index (χ0) is 19.1. The zero-order valence-corrected chi connectivity index (χ0v) is 15.9. The maximum absolute atomic E-state index is 12.9. The normalized spacial score (nSPS) is 14.4. The Hall–Kier alpha value is -2.25. The SMILES string of the molecule is COCCN(CCOC)C(=O)C1=NN(c2cc(C)ccc2C)C(=O)CC1. The second-order valence-electron chi connectivity index (χ2n) is 6.32. The van der Waals surface area contributed by atoms with Crippen LogP contribution in [0, 0.1) is 13.8 Å². The van der Waals surface area contributed by atoms with Crippen molar-refractivity contribution >= 4 is 23.2 Å². The number of hydrazone groups is 1. The second kappa shape index (κ2) is 9.45. The lowest BCUT2D eigenvalue weighted by molar-refractivity contribution is -0.125. The first-order chi connectivity index (χ1) is 12.5. The minimum atomic E-state index is -0.179. The number of amides is 2. The maximum Gasteiger partial charge on any atom is 0.270 e. The van der Waals surface area contributed by atoms with Crippen molar-refractivity contribution in [3.63, 3.8) is 0 Å². The van der Waals surface area contributed by atoms with Gasteiger partial charge in [-0.2, -0.15) is 5.10 Å². The van der Waals surface area contributed by atoms with Gasteiger partial charge in [-0.05, 0) is 31.0 Å². The highest BCUT2D eigenvalue weighted by molar-refractivity contribution is 6.40. The predicted molar refractivity (Wildman–Crippen MR) is 100 cm³/mol. The summed E-state index contributed by atoms with van der Waals surface area (Å²) in [7, 11) is 3.19. The molecule has 0 fully saturated rings. The summed E-state index contributed by atoms with van der Waals surface area (Å²) in [6.45, 7) is 5.66. The molecule has 0 aliphatic carbocycles. The minimum absolute atomic E-state index is 0.101. The summed E-state index contributed by atoms with van der Waals surface area (Å²) >= 11 is 0. The highest BCUT2D eigenvalue weighted by atomic mass is 16.5. The van der Waals surface area contributed by atoms with Gasteiger partial charge < -0.3 is 14.4 Å². The van der Waals surface area contributed by atoms with Crippen LogP contribution in [0.5, 0.6) is 0 Å². The van der Waals surface area contributed by atoms with Gasteiger partial charge in [-0.3, -0.25) is 9.59 Å². The number of rotatable bonds is 8.